The summed E-state index contributed by atoms with van der Waals surface area (Å²) in [5.41, 5.74) is -0.428. The van der Waals surface area contributed by atoms with E-state index in [4.69, 9.17) is 4.74 Å². The van der Waals surface area contributed by atoms with Gasteiger partial charge in [-0.1, -0.05) is 6.92 Å². The van der Waals surface area contributed by atoms with Crippen LogP contribution in [0.2, 0.25) is 0 Å². The predicted molar refractivity (Wildman–Crippen MR) is 66.6 cm³/mol. The van der Waals surface area contributed by atoms with Crippen molar-refractivity contribution in [2.45, 2.75) is 52.7 Å². The van der Waals surface area contributed by atoms with Crippen LogP contribution >= 0.6 is 0 Å². The number of amides is 1. The maximum Gasteiger partial charge on any atom is 0.410 e. The Morgan fingerprint density at radius 1 is 1.44 bits per heavy atom. The molecule has 0 saturated carbocycles. The third-order valence-corrected chi connectivity index (χ3v) is 2.35. The van der Waals surface area contributed by atoms with Crippen LogP contribution in [0.1, 0.15) is 41.0 Å². The molecule has 16 heavy (non-hydrogen) atoms. The molecule has 0 aromatic carbocycles. The summed E-state index contributed by atoms with van der Waals surface area (Å²) in [6.45, 7) is 11.2. The molecule has 4 heteroatoms. The smallest absolute Gasteiger partial charge is 0.410 e. The van der Waals surface area contributed by atoms with Crippen LogP contribution in [0.4, 0.5) is 4.79 Å². The highest BCUT2D eigenvalue weighted by molar-refractivity contribution is 5.68. The van der Waals surface area contributed by atoms with Crippen molar-refractivity contribution in [1.82, 2.24) is 10.2 Å². The Bertz CT molecular complexity index is 212. The van der Waals surface area contributed by atoms with Gasteiger partial charge in [-0.05, 0) is 41.2 Å². The lowest BCUT2D eigenvalue weighted by atomic mass is 10.2. The third-order valence-electron chi connectivity index (χ3n) is 2.35. The fourth-order valence-corrected chi connectivity index (χ4v) is 1.26. The first-order chi connectivity index (χ1) is 7.31. The fraction of sp³-hybridized carbons (Fsp3) is 0.917. The lowest BCUT2D eigenvalue weighted by Gasteiger charge is -2.31. The maximum atomic E-state index is 11.9. The van der Waals surface area contributed by atoms with Crippen molar-refractivity contribution in [1.29, 1.82) is 0 Å². The van der Waals surface area contributed by atoms with Gasteiger partial charge in [0.05, 0.1) is 0 Å². The Kier molecular flexibility index (Phi) is 6.41. The molecule has 0 spiro atoms. The molecule has 0 aromatic heterocycles. The summed E-state index contributed by atoms with van der Waals surface area (Å²) in [4.78, 5) is 13.7. The van der Waals surface area contributed by atoms with Crippen LogP contribution in [-0.2, 0) is 4.74 Å². The Balaban J connectivity index is 4.43. The van der Waals surface area contributed by atoms with Crippen molar-refractivity contribution < 1.29 is 9.53 Å². The molecule has 1 unspecified atom stereocenters. The van der Waals surface area contributed by atoms with Crippen LogP contribution in [0.15, 0.2) is 0 Å². The highest BCUT2D eigenvalue weighted by atomic mass is 16.6. The average molecular weight is 230 g/mol. The van der Waals surface area contributed by atoms with Crippen molar-refractivity contribution in [2.24, 2.45) is 0 Å². The van der Waals surface area contributed by atoms with Crippen LogP contribution in [-0.4, -0.2) is 42.8 Å². The van der Waals surface area contributed by atoms with Crippen molar-refractivity contribution in [3.05, 3.63) is 0 Å². The normalized spacial score (nSPS) is 13.4. The molecule has 0 radical (unpaired) electrons. The highest BCUT2D eigenvalue weighted by Gasteiger charge is 2.24. The van der Waals surface area contributed by atoms with Gasteiger partial charge >= 0.3 is 6.09 Å². The molecule has 0 aliphatic heterocycles. The van der Waals surface area contributed by atoms with Gasteiger partial charge in [-0.25, -0.2) is 4.79 Å². The second-order valence-electron chi connectivity index (χ2n) is 5.03. The van der Waals surface area contributed by atoms with E-state index in [0.29, 0.717) is 6.54 Å². The second-order valence-corrected chi connectivity index (χ2v) is 5.03. The van der Waals surface area contributed by atoms with Gasteiger partial charge < -0.3 is 15.0 Å². The Morgan fingerprint density at radius 3 is 2.38 bits per heavy atom. The number of hydrogen-bond acceptors (Lipinski definition) is 3. The van der Waals surface area contributed by atoms with E-state index in [0.717, 1.165) is 13.0 Å². The van der Waals surface area contributed by atoms with Gasteiger partial charge in [0, 0.05) is 19.1 Å². The van der Waals surface area contributed by atoms with Crippen molar-refractivity contribution in [2.75, 3.05) is 20.1 Å². The van der Waals surface area contributed by atoms with Crippen molar-refractivity contribution in [3.8, 4) is 0 Å². The van der Waals surface area contributed by atoms with E-state index in [1.54, 1.807) is 4.90 Å². The molecule has 1 N–H and O–H groups in total. The monoisotopic (exact) mass is 230 g/mol. The van der Waals surface area contributed by atoms with Crippen LogP contribution < -0.4 is 5.32 Å². The molecule has 0 aromatic rings. The molecule has 0 bridgehead atoms. The Labute approximate surface area is 99.3 Å². The minimum atomic E-state index is -0.428. The topological polar surface area (TPSA) is 41.6 Å². The fourth-order valence-electron chi connectivity index (χ4n) is 1.26. The van der Waals surface area contributed by atoms with Crippen LogP contribution in [0.3, 0.4) is 0 Å². The second kappa shape index (κ2) is 6.74. The largest absolute Gasteiger partial charge is 0.444 e. The van der Waals surface area contributed by atoms with Gasteiger partial charge in [-0.2, -0.15) is 0 Å². The summed E-state index contributed by atoms with van der Waals surface area (Å²) in [5.74, 6) is 0. The summed E-state index contributed by atoms with van der Waals surface area (Å²) in [7, 11) is 1.88. The minimum Gasteiger partial charge on any atom is -0.444 e. The summed E-state index contributed by atoms with van der Waals surface area (Å²) in [6.07, 6.45) is 0.709. The SMILES string of the molecule is CCC(C)N(CCNC)C(=O)OC(C)(C)C. The first kappa shape index (κ1) is 15.2. The number of carbonyl (C=O) groups is 1. The molecule has 0 fully saturated rings. The number of carbonyl (C=O) groups excluding carboxylic acids is 1. The zero-order chi connectivity index (χ0) is 12.8. The Morgan fingerprint density at radius 2 is 2.00 bits per heavy atom. The molecule has 0 heterocycles. The zero-order valence-corrected chi connectivity index (χ0v) is 11.5. The quantitative estimate of drug-likeness (QED) is 0.787. The molecular formula is C12H26N2O2. The van der Waals surface area contributed by atoms with E-state index >= 15 is 0 Å². The van der Waals surface area contributed by atoms with Gasteiger partial charge in [0.25, 0.3) is 0 Å². The standard InChI is InChI=1S/C12H26N2O2/c1-7-10(2)14(9-8-13-6)11(15)16-12(3,4)5/h10,13H,7-9H2,1-6H3. The maximum absolute atomic E-state index is 11.9. The lowest BCUT2D eigenvalue weighted by molar-refractivity contribution is 0.0176. The number of rotatable bonds is 5. The van der Waals surface area contributed by atoms with E-state index in [1.807, 2.05) is 34.7 Å². The summed E-state index contributed by atoms with van der Waals surface area (Å²) >= 11 is 0. The molecular weight excluding hydrogens is 204 g/mol. The first-order valence-electron chi connectivity index (χ1n) is 5.96. The number of nitrogens with zero attached hydrogens (tertiary/aromatic N) is 1. The van der Waals surface area contributed by atoms with E-state index in [1.165, 1.54) is 0 Å². The molecule has 4 nitrogen and oxygen atoms in total. The number of ether oxygens (including phenoxy) is 1. The lowest BCUT2D eigenvalue weighted by Crippen LogP contribution is -2.44. The predicted octanol–water partition coefficient (Wildman–Crippen LogP) is 2.24. The molecule has 0 saturated heterocycles. The molecule has 0 aliphatic rings. The average Bonchev–Trinajstić information content (AvgIpc) is 2.15. The molecule has 1 amide bonds. The van der Waals surface area contributed by atoms with Crippen LogP contribution in [0, 0.1) is 0 Å². The number of nitrogens with one attached hydrogen (secondary N) is 1. The van der Waals surface area contributed by atoms with E-state index in [-0.39, 0.29) is 12.1 Å². The molecule has 0 aliphatic carbocycles. The first-order valence-corrected chi connectivity index (χ1v) is 5.96. The van der Waals surface area contributed by atoms with Gasteiger partial charge in [-0.3, -0.25) is 0 Å². The molecule has 0 rings (SSSR count). The van der Waals surface area contributed by atoms with E-state index in [9.17, 15) is 4.79 Å². The van der Waals surface area contributed by atoms with Gasteiger partial charge in [0.1, 0.15) is 5.60 Å². The number of hydrogen-bond donors (Lipinski definition) is 1. The van der Waals surface area contributed by atoms with Gasteiger partial charge in [-0.15, -0.1) is 0 Å². The van der Waals surface area contributed by atoms with Gasteiger partial charge in [0.15, 0.2) is 0 Å². The Hall–Kier alpha value is -0.770. The van der Waals surface area contributed by atoms with Gasteiger partial charge in [0.2, 0.25) is 0 Å². The van der Waals surface area contributed by atoms with E-state index < -0.39 is 5.60 Å². The van der Waals surface area contributed by atoms with E-state index in [2.05, 4.69) is 12.2 Å². The van der Waals surface area contributed by atoms with Crippen molar-refractivity contribution in [3.63, 3.8) is 0 Å². The summed E-state index contributed by atoms with van der Waals surface area (Å²) < 4.78 is 5.38. The minimum absolute atomic E-state index is 0.211. The summed E-state index contributed by atoms with van der Waals surface area (Å²) in [5, 5.41) is 3.05. The van der Waals surface area contributed by atoms with Crippen LogP contribution in [0.25, 0.3) is 0 Å². The van der Waals surface area contributed by atoms with Crippen LogP contribution in [0.5, 0.6) is 0 Å². The molecule has 1 atom stereocenters. The van der Waals surface area contributed by atoms with Crippen molar-refractivity contribution >= 4 is 6.09 Å². The molecule has 96 valence electrons. The zero-order valence-electron chi connectivity index (χ0n) is 11.5. The highest BCUT2D eigenvalue weighted by Crippen LogP contribution is 2.12. The third kappa shape index (κ3) is 5.95. The summed E-state index contributed by atoms with van der Waals surface area (Å²) in [6, 6.07) is 0.211. The number of likely N-dealkylation sites (N-methyl/N-ethyl adjacent to an activating group) is 1.